The van der Waals surface area contributed by atoms with Gasteiger partial charge in [0.25, 0.3) is 0 Å². The molecule has 3 heterocycles. The molecule has 0 aromatic carbocycles. The van der Waals surface area contributed by atoms with Crippen LogP contribution in [-0.2, 0) is 13.1 Å². The molecule has 0 spiro atoms. The highest BCUT2D eigenvalue weighted by Gasteiger charge is 2.21. The second kappa shape index (κ2) is 6.47. The number of aryl methyl sites for hydroxylation is 1. The monoisotopic (exact) mass is 322 g/mol. The Kier molecular flexibility index (Phi) is 4.39. The quantitative estimate of drug-likeness (QED) is 0.744. The average Bonchev–Trinajstić information content (AvgIpc) is 2.86. The van der Waals surface area contributed by atoms with Gasteiger partial charge in [0.15, 0.2) is 11.6 Å². The Balaban J connectivity index is 1.87. The molecule has 0 aliphatic carbocycles. The minimum absolute atomic E-state index is 0.157. The Bertz CT molecular complexity index is 692. The molecule has 0 saturated heterocycles. The normalized spacial score (nSPS) is 15.9. The number of fused-ring (bicyclic) bond motifs is 1. The van der Waals surface area contributed by atoms with Gasteiger partial charge < -0.3 is 20.4 Å². The fraction of sp³-hybridized carbons (Fsp3) is 0.500. The number of nitrogens with one attached hydrogen (secondary N) is 1. The summed E-state index contributed by atoms with van der Waals surface area (Å²) in [4.78, 5) is 10.2. The first-order valence-corrected chi connectivity index (χ1v) is 7.43. The molecule has 3 rings (SSSR count). The van der Waals surface area contributed by atoms with Crippen LogP contribution in [-0.4, -0.2) is 50.2 Å². The van der Waals surface area contributed by atoms with E-state index in [2.05, 4.69) is 20.4 Å². The first-order valence-electron chi connectivity index (χ1n) is 7.43. The minimum atomic E-state index is -0.985. The smallest absolute Gasteiger partial charge is 0.227 e. The van der Waals surface area contributed by atoms with Crippen LogP contribution in [0.1, 0.15) is 23.9 Å². The molecule has 0 bridgehead atoms. The Morgan fingerprint density at radius 2 is 2.26 bits per heavy atom. The Morgan fingerprint density at radius 3 is 3.00 bits per heavy atom. The standard InChI is InChI=1S/C14H19FN6O2/c1-16-13-10(15)6-17-14(18-13)20-3-2-4-21-9(7-20)5-11(19-21)12(23)8-22/h5-6,12,22-23H,2-4,7-8H2,1H3,(H,16,17,18). The number of rotatable bonds is 4. The van der Waals surface area contributed by atoms with E-state index in [0.29, 0.717) is 24.7 Å². The lowest BCUT2D eigenvalue weighted by Crippen LogP contribution is -2.25. The zero-order chi connectivity index (χ0) is 16.4. The largest absolute Gasteiger partial charge is 0.393 e. The Labute approximate surface area is 132 Å². The fourth-order valence-electron chi connectivity index (χ4n) is 2.60. The van der Waals surface area contributed by atoms with Gasteiger partial charge in [-0.1, -0.05) is 0 Å². The lowest BCUT2D eigenvalue weighted by Gasteiger charge is -2.20. The van der Waals surface area contributed by atoms with E-state index in [4.69, 9.17) is 5.11 Å². The molecule has 1 aliphatic heterocycles. The summed E-state index contributed by atoms with van der Waals surface area (Å²) in [5, 5.41) is 25.8. The topological polar surface area (TPSA) is 99.3 Å². The molecular formula is C14H19FN6O2. The molecule has 124 valence electrons. The summed E-state index contributed by atoms with van der Waals surface area (Å²) in [5.41, 5.74) is 1.34. The van der Waals surface area contributed by atoms with E-state index in [1.54, 1.807) is 13.1 Å². The van der Waals surface area contributed by atoms with Gasteiger partial charge in [0.1, 0.15) is 6.10 Å². The van der Waals surface area contributed by atoms with Crippen LogP contribution in [0.5, 0.6) is 0 Å². The number of aliphatic hydroxyl groups excluding tert-OH is 2. The number of hydrogen-bond donors (Lipinski definition) is 3. The molecule has 2 aromatic rings. The molecule has 1 unspecified atom stereocenters. The fourth-order valence-corrected chi connectivity index (χ4v) is 2.60. The van der Waals surface area contributed by atoms with Crippen LogP contribution in [0.25, 0.3) is 0 Å². The van der Waals surface area contributed by atoms with E-state index >= 15 is 0 Å². The van der Waals surface area contributed by atoms with E-state index in [9.17, 15) is 9.50 Å². The Hall–Kier alpha value is -2.26. The average molecular weight is 322 g/mol. The van der Waals surface area contributed by atoms with Gasteiger partial charge in [-0.05, 0) is 12.5 Å². The Morgan fingerprint density at radius 1 is 1.43 bits per heavy atom. The van der Waals surface area contributed by atoms with Crippen molar-refractivity contribution in [3.8, 4) is 0 Å². The van der Waals surface area contributed by atoms with E-state index in [-0.39, 0.29) is 12.4 Å². The SMILES string of the molecule is CNc1nc(N2CCCn3nc(C(O)CO)cc3C2)ncc1F. The van der Waals surface area contributed by atoms with Gasteiger partial charge in [-0.25, -0.2) is 9.37 Å². The zero-order valence-corrected chi connectivity index (χ0v) is 12.8. The van der Waals surface area contributed by atoms with Gasteiger partial charge in [0.05, 0.1) is 30.7 Å². The minimum Gasteiger partial charge on any atom is -0.393 e. The molecule has 9 heteroatoms. The number of halogens is 1. The number of anilines is 2. The van der Waals surface area contributed by atoms with Crippen LogP contribution < -0.4 is 10.2 Å². The van der Waals surface area contributed by atoms with Crippen LogP contribution in [0.4, 0.5) is 16.2 Å². The molecule has 0 fully saturated rings. The third-order valence-electron chi connectivity index (χ3n) is 3.80. The number of aromatic nitrogens is 4. The highest BCUT2D eigenvalue weighted by molar-refractivity contribution is 5.42. The van der Waals surface area contributed by atoms with Crippen molar-refractivity contribution in [3.63, 3.8) is 0 Å². The molecule has 0 saturated carbocycles. The van der Waals surface area contributed by atoms with Crippen molar-refractivity contribution in [2.24, 2.45) is 0 Å². The van der Waals surface area contributed by atoms with Crippen LogP contribution in [0.3, 0.4) is 0 Å². The predicted octanol–water partition coefficient (Wildman–Crippen LogP) is 0.290. The number of hydrogen-bond acceptors (Lipinski definition) is 7. The molecule has 23 heavy (non-hydrogen) atoms. The van der Waals surface area contributed by atoms with Gasteiger partial charge in [-0.2, -0.15) is 10.1 Å². The predicted molar refractivity (Wildman–Crippen MR) is 81.5 cm³/mol. The van der Waals surface area contributed by atoms with Crippen LogP contribution in [0.2, 0.25) is 0 Å². The van der Waals surface area contributed by atoms with Gasteiger partial charge in [0, 0.05) is 20.1 Å². The van der Waals surface area contributed by atoms with Crippen LogP contribution in [0, 0.1) is 5.82 Å². The maximum Gasteiger partial charge on any atom is 0.227 e. The second-order valence-corrected chi connectivity index (χ2v) is 5.37. The number of aliphatic hydroxyl groups is 2. The third kappa shape index (κ3) is 3.10. The summed E-state index contributed by atoms with van der Waals surface area (Å²) in [7, 11) is 1.61. The maximum absolute atomic E-state index is 13.5. The van der Waals surface area contributed by atoms with Gasteiger partial charge in [0.2, 0.25) is 5.95 Å². The van der Waals surface area contributed by atoms with Crippen molar-refractivity contribution in [2.75, 3.05) is 30.4 Å². The molecule has 0 amide bonds. The molecule has 2 aromatic heterocycles. The third-order valence-corrected chi connectivity index (χ3v) is 3.80. The first kappa shape index (κ1) is 15.6. The van der Waals surface area contributed by atoms with Crippen molar-refractivity contribution in [3.05, 3.63) is 29.5 Å². The summed E-state index contributed by atoms with van der Waals surface area (Å²) >= 11 is 0. The van der Waals surface area contributed by atoms with E-state index < -0.39 is 11.9 Å². The maximum atomic E-state index is 13.5. The van der Waals surface area contributed by atoms with Crippen LogP contribution in [0.15, 0.2) is 12.3 Å². The summed E-state index contributed by atoms with van der Waals surface area (Å²) in [6.07, 6.45) is 0.983. The molecule has 0 radical (unpaired) electrons. The lowest BCUT2D eigenvalue weighted by molar-refractivity contribution is 0.0916. The van der Waals surface area contributed by atoms with Crippen molar-refractivity contribution in [1.29, 1.82) is 0 Å². The number of nitrogens with zero attached hydrogens (tertiary/aromatic N) is 5. The van der Waals surface area contributed by atoms with Crippen molar-refractivity contribution in [1.82, 2.24) is 19.7 Å². The lowest BCUT2D eigenvalue weighted by atomic mass is 10.2. The van der Waals surface area contributed by atoms with Crippen molar-refractivity contribution < 1.29 is 14.6 Å². The van der Waals surface area contributed by atoms with Crippen LogP contribution >= 0.6 is 0 Å². The zero-order valence-electron chi connectivity index (χ0n) is 12.8. The molecule has 1 atom stereocenters. The summed E-state index contributed by atoms with van der Waals surface area (Å²) in [5.74, 6) is 0.100. The molecular weight excluding hydrogens is 303 g/mol. The molecule has 8 nitrogen and oxygen atoms in total. The van der Waals surface area contributed by atoms with Gasteiger partial charge in [-0.3, -0.25) is 4.68 Å². The summed E-state index contributed by atoms with van der Waals surface area (Å²) < 4.78 is 15.3. The van der Waals surface area contributed by atoms with Gasteiger partial charge in [-0.15, -0.1) is 0 Å². The van der Waals surface area contributed by atoms with E-state index in [0.717, 1.165) is 24.9 Å². The highest BCUT2D eigenvalue weighted by Crippen LogP contribution is 2.22. The van der Waals surface area contributed by atoms with E-state index in [1.807, 2.05) is 9.58 Å². The summed E-state index contributed by atoms with van der Waals surface area (Å²) in [6.45, 7) is 1.55. The first-order chi connectivity index (χ1) is 11.1. The van der Waals surface area contributed by atoms with Crippen molar-refractivity contribution in [2.45, 2.75) is 25.6 Å². The summed E-state index contributed by atoms with van der Waals surface area (Å²) in [6, 6.07) is 1.77. The van der Waals surface area contributed by atoms with Crippen molar-refractivity contribution >= 4 is 11.8 Å². The molecule has 1 aliphatic rings. The van der Waals surface area contributed by atoms with E-state index in [1.165, 1.54) is 0 Å². The second-order valence-electron chi connectivity index (χ2n) is 5.37. The van der Waals surface area contributed by atoms with Gasteiger partial charge >= 0.3 is 0 Å². The highest BCUT2D eigenvalue weighted by atomic mass is 19.1. The molecule has 3 N–H and O–H groups in total.